The Bertz CT molecular complexity index is 424. The van der Waals surface area contributed by atoms with Crippen molar-refractivity contribution in [2.24, 2.45) is 0 Å². The number of thioether (sulfide) groups is 1. The molecule has 0 unspecified atom stereocenters. The van der Waals surface area contributed by atoms with Crippen LogP contribution < -0.4 is 0 Å². The molecule has 1 saturated carbocycles. The zero-order valence-corrected chi connectivity index (χ0v) is 9.88. The normalized spacial score (nSPS) is 17.1. The predicted octanol–water partition coefficient (Wildman–Crippen LogP) is 2.62. The third-order valence-corrected chi connectivity index (χ3v) is 3.92. The lowest BCUT2D eigenvalue weighted by Gasteiger charge is -2.14. The highest BCUT2D eigenvalue weighted by atomic mass is 32.2. The van der Waals surface area contributed by atoms with Gasteiger partial charge in [0.05, 0.1) is 6.42 Å². The number of carboxylic acids is 1. The molecule has 3 nitrogen and oxygen atoms in total. The van der Waals surface area contributed by atoms with E-state index < -0.39 is 5.97 Å². The van der Waals surface area contributed by atoms with Gasteiger partial charge in [-0.25, -0.2) is 0 Å². The summed E-state index contributed by atoms with van der Waals surface area (Å²) in [6, 6.07) is 5.50. The molecule has 1 fully saturated rings. The predicted molar refractivity (Wildman–Crippen MR) is 63.1 cm³/mol. The number of phenolic OH excluding ortho intramolecular Hbond substituents is 1. The number of aromatic hydroxyl groups is 1. The van der Waals surface area contributed by atoms with Crippen LogP contribution in [0, 0.1) is 0 Å². The van der Waals surface area contributed by atoms with Crippen molar-refractivity contribution >= 4 is 17.7 Å². The lowest BCUT2D eigenvalue weighted by atomic mass is 9.92. The van der Waals surface area contributed by atoms with E-state index in [-0.39, 0.29) is 17.6 Å². The standard InChI is InChI=1S/C12H14O3S/c1-16-10-3-2-8(6-9(10)13)12(4-5-12)7-11(14)15/h2-3,6,13H,4-5,7H2,1H3,(H,14,15). The first-order valence-corrected chi connectivity index (χ1v) is 6.39. The molecule has 0 heterocycles. The van der Waals surface area contributed by atoms with Gasteiger partial charge in [0.15, 0.2) is 0 Å². The SMILES string of the molecule is CSc1ccc(C2(CC(=O)O)CC2)cc1O. The van der Waals surface area contributed by atoms with E-state index in [4.69, 9.17) is 5.11 Å². The summed E-state index contributed by atoms with van der Waals surface area (Å²) in [5.74, 6) is -0.521. The van der Waals surface area contributed by atoms with Gasteiger partial charge in [-0.2, -0.15) is 0 Å². The van der Waals surface area contributed by atoms with E-state index in [1.54, 1.807) is 6.07 Å². The second-order valence-electron chi connectivity index (χ2n) is 4.24. The monoisotopic (exact) mass is 238 g/mol. The van der Waals surface area contributed by atoms with Gasteiger partial charge in [0.2, 0.25) is 0 Å². The summed E-state index contributed by atoms with van der Waals surface area (Å²) in [6.45, 7) is 0. The Kier molecular flexibility index (Phi) is 2.84. The van der Waals surface area contributed by atoms with E-state index in [2.05, 4.69) is 0 Å². The molecule has 1 aliphatic rings. The Morgan fingerprint density at radius 3 is 2.62 bits per heavy atom. The summed E-state index contributed by atoms with van der Waals surface area (Å²) in [7, 11) is 0. The molecule has 2 N–H and O–H groups in total. The Balaban J connectivity index is 2.28. The van der Waals surface area contributed by atoms with Crippen molar-refractivity contribution in [3.8, 4) is 5.75 Å². The fourth-order valence-corrected chi connectivity index (χ4v) is 2.50. The fourth-order valence-electron chi connectivity index (χ4n) is 2.03. The number of benzene rings is 1. The van der Waals surface area contributed by atoms with Crippen molar-refractivity contribution in [2.45, 2.75) is 29.6 Å². The third kappa shape index (κ3) is 2.02. The molecule has 1 aromatic carbocycles. The molecule has 86 valence electrons. The molecule has 1 aliphatic carbocycles. The summed E-state index contributed by atoms with van der Waals surface area (Å²) < 4.78 is 0. The van der Waals surface area contributed by atoms with Crippen molar-refractivity contribution in [1.29, 1.82) is 0 Å². The topological polar surface area (TPSA) is 57.5 Å². The van der Waals surface area contributed by atoms with Gasteiger partial charge in [-0.15, -0.1) is 11.8 Å². The molecule has 0 aliphatic heterocycles. The van der Waals surface area contributed by atoms with Gasteiger partial charge in [0.25, 0.3) is 0 Å². The van der Waals surface area contributed by atoms with Gasteiger partial charge >= 0.3 is 5.97 Å². The van der Waals surface area contributed by atoms with Gasteiger partial charge in [-0.05, 0) is 36.8 Å². The Hall–Kier alpha value is -1.16. The molecule has 0 aromatic heterocycles. The maximum Gasteiger partial charge on any atom is 0.304 e. The van der Waals surface area contributed by atoms with Crippen LogP contribution in [0.25, 0.3) is 0 Å². The minimum absolute atomic E-state index is 0.158. The summed E-state index contributed by atoms with van der Waals surface area (Å²) >= 11 is 1.48. The molecule has 0 amide bonds. The van der Waals surface area contributed by atoms with Crippen molar-refractivity contribution < 1.29 is 15.0 Å². The number of phenols is 1. The van der Waals surface area contributed by atoms with Crippen LogP contribution in [-0.2, 0) is 10.2 Å². The molecule has 16 heavy (non-hydrogen) atoms. The van der Waals surface area contributed by atoms with Crippen LogP contribution in [0.1, 0.15) is 24.8 Å². The van der Waals surface area contributed by atoms with Crippen LogP contribution >= 0.6 is 11.8 Å². The zero-order valence-electron chi connectivity index (χ0n) is 9.06. The van der Waals surface area contributed by atoms with Crippen molar-refractivity contribution in [3.05, 3.63) is 23.8 Å². The van der Waals surface area contributed by atoms with Gasteiger partial charge < -0.3 is 10.2 Å². The first-order valence-electron chi connectivity index (χ1n) is 5.17. The highest BCUT2D eigenvalue weighted by Gasteiger charge is 2.46. The molecule has 0 radical (unpaired) electrons. The highest BCUT2D eigenvalue weighted by Crippen LogP contribution is 2.52. The number of carbonyl (C=O) groups is 1. The van der Waals surface area contributed by atoms with E-state index >= 15 is 0 Å². The summed E-state index contributed by atoms with van der Waals surface area (Å²) in [4.78, 5) is 11.6. The maximum absolute atomic E-state index is 10.8. The number of hydrogen-bond acceptors (Lipinski definition) is 3. The second kappa shape index (κ2) is 4.01. The van der Waals surface area contributed by atoms with Gasteiger partial charge in [0.1, 0.15) is 5.75 Å². The van der Waals surface area contributed by atoms with Crippen molar-refractivity contribution in [3.63, 3.8) is 0 Å². The van der Waals surface area contributed by atoms with Gasteiger partial charge in [-0.3, -0.25) is 4.79 Å². The lowest BCUT2D eigenvalue weighted by Crippen LogP contribution is -2.12. The summed E-state index contributed by atoms with van der Waals surface area (Å²) in [5, 5.41) is 18.6. The van der Waals surface area contributed by atoms with Crippen molar-refractivity contribution in [2.75, 3.05) is 6.26 Å². The van der Waals surface area contributed by atoms with Crippen LogP contribution in [0.4, 0.5) is 0 Å². The number of carboxylic acid groups (broad SMARTS) is 1. The molecule has 1 aromatic rings. The summed E-state index contributed by atoms with van der Waals surface area (Å²) in [6.07, 6.45) is 3.86. The molecular weight excluding hydrogens is 224 g/mol. The quantitative estimate of drug-likeness (QED) is 0.792. The largest absolute Gasteiger partial charge is 0.507 e. The smallest absolute Gasteiger partial charge is 0.304 e. The van der Waals surface area contributed by atoms with E-state index in [0.29, 0.717) is 0 Å². The minimum atomic E-state index is -0.772. The van der Waals surface area contributed by atoms with Gasteiger partial charge in [0, 0.05) is 10.3 Å². The van der Waals surface area contributed by atoms with E-state index in [9.17, 15) is 9.90 Å². The number of hydrogen-bond donors (Lipinski definition) is 2. The van der Waals surface area contributed by atoms with Crippen LogP contribution in [0.2, 0.25) is 0 Å². The summed E-state index contributed by atoms with van der Waals surface area (Å²) in [5.41, 5.74) is 0.727. The maximum atomic E-state index is 10.8. The average molecular weight is 238 g/mol. The van der Waals surface area contributed by atoms with Crippen LogP contribution in [-0.4, -0.2) is 22.4 Å². The second-order valence-corrected chi connectivity index (χ2v) is 5.09. The Labute approximate surface area is 98.5 Å². The highest BCUT2D eigenvalue weighted by molar-refractivity contribution is 7.98. The number of rotatable bonds is 4. The van der Waals surface area contributed by atoms with Crippen LogP contribution in [0.15, 0.2) is 23.1 Å². The Morgan fingerprint density at radius 2 is 2.19 bits per heavy atom. The molecule has 0 saturated heterocycles. The minimum Gasteiger partial charge on any atom is -0.507 e. The average Bonchev–Trinajstić information content (AvgIpc) is 2.98. The lowest BCUT2D eigenvalue weighted by molar-refractivity contribution is -0.137. The molecule has 0 spiro atoms. The molecule has 0 bridgehead atoms. The first-order chi connectivity index (χ1) is 7.57. The van der Waals surface area contributed by atoms with E-state index in [1.807, 2.05) is 18.4 Å². The third-order valence-electron chi connectivity index (χ3n) is 3.13. The molecular formula is C12H14O3S. The first kappa shape index (κ1) is 11.3. The van der Waals surface area contributed by atoms with Gasteiger partial charge in [-0.1, -0.05) is 6.07 Å². The van der Waals surface area contributed by atoms with E-state index in [1.165, 1.54) is 11.8 Å². The number of aliphatic carboxylic acids is 1. The van der Waals surface area contributed by atoms with Crippen LogP contribution in [0.5, 0.6) is 5.75 Å². The Morgan fingerprint density at radius 1 is 1.50 bits per heavy atom. The van der Waals surface area contributed by atoms with Crippen LogP contribution in [0.3, 0.4) is 0 Å². The molecule has 0 atom stereocenters. The molecule has 2 rings (SSSR count). The zero-order chi connectivity index (χ0) is 11.8. The molecule has 4 heteroatoms. The van der Waals surface area contributed by atoms with Crippen molar-refractivity contribution in [1.82, 2.24) is 0 Å². The van der Waals surface area contributed by atoms with E-state index in [0.717, 1.165) is 23.3 Å². The fraction of sp³-hybridized carbons (Fsp3) is 0.417.